The van der Waals surface area contributed by atoms with Crippen LogP contribution in [-0.4, -0.2) is 103 Å². The van der Waals surface area contributed by atoms with Gasteiger partial charge in [-0.3, -0.25) is 19.3 Å². The van der Waals surface area contributed by atoms with Crippen LogP contribution >= 0.6 is 0 Å². The lowest BCUT2D eigenvalue weighted by Crippen LogP contribution is -2.49. The Morgan fingerprint density at radius 1 is 0.830 bits per heavy atom. The summed E-state index contributed by atoms with van der Waals surface area (Å²) in [6.45, 7) is 9.22. The molecule has 0 saturated heterocycles. The van der Waals surface area contributed by atoms with Crippen LogP contribution in [0, 0.1) is 0 Å². The average molecular weight is 656 g/mol. The second kappa shape index (κ2) is 16.4. The number of carbonyl (C=O) groups excluding carboxylic acids is 4. The van der Waals surface area contributed by atoms with Crippen molar-refractivity contribution in [3.05, 3.63) is 59.7 Å². The molecule has 1 atom stereocenters. The van der Waals surface area contributed by atoms with Gasteiger partial charge in [-0.1, -0.05) is 48.5 Å². The predicted molar refractivity (Wildman–Crippen MR) is 172 cm³/mol. The van der Waals surface area contributed by atoms with Gasteiger partial charge in [0.05, 0.1) is 19.7 Å². The van der Waals surface area contributed by atoms with Crippen molar-refractivity contribution in [2.24, 2.45) is 0 Å². The summed E-state index contributed by atoms with van der Waals surface area (Å²) in [5, 5.41) is 14.3. The van der Waals surface area contributed by atoms with Gasteiger partial charge in [-0.05, 0) is 63.8 Å². The molecular formula is C34H45N3O10. The van der Waals surface area contributed by atoms with Crippen LogP contribution in [0.1, 0.15) is 58.6 Å². The van der Waals surface area contributed by atoms with Crippen molar-refractivity contribution in [2.75, 3.05) is 46.0 Å². The van der Waals surface area contributed by atoms with Crippen LogP contribution in [0.15, 0.2) is 48.5 Å². The van der Waals surface area contributed by atoms with Gasteiger partial charge in [-0.25, -0.2) is 9.59 Å². The largest absolute Gasteiger partial charge is 0.480 e. The third-order valence-corrected chi connectivity index (χ3v) is 6.77. The molecule has 0 fully saturated rings. The van der Waals surface area contributed by atoms with E-state index in [0.717, 1.165) is 22.3 Å². The van der Waals surface area contributed by atoms with Gasteiger partial charge in [-0.15, -0.1) is 0 Å². The third kappa shape index (κ3) is 12.3. The number of fused-ring (bicyclic) bond motifs is 3. The molecule has 2 amide bonds. The zero-order chi connectivity index (χ0) is 34.8. The summed E-state index contributed by atoms with van der Waals surface area (Å²) in [7, 11) is 0. The van der Waals surface area contributed by atoms with E-state index in [4.69, 9.17) is 18.9 Å². The average Bonchev–Trinajstić information content (AvgIpc) is 3.27. The summed E-state index contributed by atoms with van der Waals surface area (Å²) >= 11 is 0. The number of aliphatic carboxylic acids is 1. The molecule has 13 heteroatoms. The Hall–Kier alpha value is -4.49. The van der Waals surface area contributed by atoms with Crippen molar-refractivity contribution in [3.8, 4) is 11.1 Å². The van der Waals surface area contributed by atoms with Gasteiger partial charge in [0.15, 0.2) is 0 Å². The number of nitrogens with one attached hydrogen (secondary N) is 2. The molecule has 0 bridgehead atoms. The molecule has 13 nitrogen and oxygen atoms in total. The molecule has 256 valence electrons. The summed E-state index contributed by atoms with van der Waals surface area (Å²) in [6, 6.07) is 14.2. The van der Waals surface area contributed by atoms with Crippen molar-refractivity contribution in [1.82, 2.24) is 15.5 Å². The van der Waals surface area contributed by atoms with Crippen LogP contribution in [0.4, 0.5) is 4.79 Å². The molecule has 0 saturated carbocycles. The molecule has 1 aliphatic carbocycles. The fourth-order valence-corrected chi connectivity index (χ4v) is 4.93. The smallest absolute Gasteiger partial charge is 0.407 e. The maximum atomic E-state index is 12.6. The fourth-order valence-electron chi connectivity index (χ4n) is 4.93. The first-order valence-electron chi connectivity index (χ1n) is 15.4. The van der Waals surface area contributed by atoms with Gasteiger partial charge in [0.2, 0.25) is 5.91 Å². The molecule has 0 aromatic heterocycles. The Balaban J connectivity index is 1.44. The third-order valence-electron chi connectivity index (χ3n) is 6.77. The molecule has 3 rings (SSSR count). The Morgan fingerprint density at radius 2 is 1.34 bits per heavy atom. The topological polar surface area (TPSA) is 170 Å². The summed E-state index contributed by atoms with van der Waals surface area (Å²) in [4.78, 5) is 62.9. The van der Waals surface area contributed by atoms with Crippen molar-refractivity contribution in [1.29, 1.82) is 0 Å². The van der Waals surface area contributed by atoms with Crippen molar-refractivity contribution in [3.63, 3.8) is 0 Å². The second-order valence-corrected chi connectivity index (χ2v) is 13.1. The predicted octanol–water partition coefficient (Wildman–Crippen LogP) is 3.10. The van der Waals surface area contributed by atoms with Crippen LogP contribution < -0.4 is 10.6 Å². The van der Waals surface area contributed by atoms with Gasteiger partial charge >= 0.3 is 24.0 Å². The zero-order valence-electron chi connectivity index (χ0n) is 27.8. The molecule has 0 aliphatic heterocycles. The lowest BCUT2D eigenvalue weighted by atomic mass is 9.98. The van der Waals surface area contributed by atoms with Crippen molar-refractivity contribution >= 4 is 29.9 Å². The van der Waals surface area contributed by atoms with Crippen LogP contribution in [-0.2, 0) is 38.1 Å². The molecule has 0 heterocycles. The Labute approximate surface area is 274 Å². The molecule has 1 aliphatic rings. The number of carbonyl (C=O) groups is 5. The van der Waals surface area contributed by atoms with Crippen LogP contribution in [0.25, 0.3) is 11.1 Å². The second-order valence-electron chi connectivity index (χ2n) is 13.1. The van der Waals surface area contributed by atoms with E-state index >= 15 is 0 Å². The monoisotopic (exact) mass is 655 g/mol. The molecule has 47 heavy (non-hydrogen) atoms. The van der Waals surface area contributed by atoms with Gasteiger partial charge in [-0.2, -0.15) is 0 Å². The quantitative estimate of drug-likeness (QED) is 0.146. The SMILES string of the molecule is CC(C)(C)OC(=O)CN(CCOCC(=O)NC[C@H](NC(=O)OCC1c2ccccc2-c2ccccc21)C(=O)O)CC(=O)OC(C)(C)C. The zero-order valence-corrected chi connectivity index (χ0v) is 27.8. The number of rotatable bonds is 15. The highest BCUT2D eigenvalue weighted by Gasteiger charge is 2.30. The first-order chi connectivity index (χ1) is 22.0. The first-order valence-corrected chi connectivity index (χ1v) is 15.4. The highest BCUT2D eigenvalue weighted by molar-refractivity contribution is 5.83. The van der Waals surface area contributed by atoms with E-state index in [0.29, 0.717) is 0 Å². The number of carboxylic acids is 1. The van der Waals surface area contributed by atoms with Gasteiger partial charge < -0.3 is 34.7 Å². The van der Waals surface area contributed by atoms with E-state index in [2.05, 4.69) is 10.6 Å². The maximum absolute atomic E-state index is 12.6. The molecule has 2 aromatic carbocycles. The highest BCUT2D eigenvalue weighted by Crippen LogP contribution is 2.44. The van der Waals surface area contributed by atoms with E-state index in [-0.39, 0.29) is 38.8 Å². The minimum absolute atomic E-state index is 0.00523. The van der Waals surface area contributed by atoms with Crippen LogP contribution in [0.5, 0.6) is 0 Å². The number of hydrogen-bond donors (Lipinski definition) is 3. The van der Waals surface area contributed by atoms with Crippen molar-refractivity contribution in [2.45, 2.75) is 64.7 Å². The molecule has 0 spiro atoms. The van der Waals surface area contributed by atoms with E-state index in [1.54, 1.807) is 41.5 Å². The number of carboxylic acid groups (broad SMARTS) is 1. The Bertz CT molecular complexity index is 1350. The van der Waals surface area contributed by atoms with Gasteiger partial charge in [0.1, 0.15) is 30.5 Å². The summed E-state index contributed by atoms with van der Waals surface area (Å²) < 4.78 is 21.5. The lowest BCUT2D eigenvalue weighted by molar-refractivity contribution is -0.160. The van der Waals surface area contributed by atoms with E-state index < -0.39 is 60.3 Å². The first kappa shape index (κ1) is 37.0. The van der Waals surface area contributed by atoms with Gasteiger partial charge in [0.25, 0.3) is 0 Å². The normalized spacial score (nSPS) is 13.3. The number of alkyl carbamates (subject to hydrolysis) is 1. The fraction of sp³-hybridized carbons (Fsp3) is 0.500. The molecule has 0 radical (unpaired) electrons. The number of hydrogen-bond acceptors (Lipinski definition) is 10. The standard InChI is InChI=1S/C34H45N3O10/c1-33(2,3)46-29(39)18-37(19-30(40)47-34(4,5)6)15-16-44-21-28(38)35-17-27(31(41)42)36-32(43)45-20-26-24-13-9-7-11-22(24)23-12-8-10-14-25(23)26/h7-14,26-27H,15-21H2,1-6H3,(H,35,38)(H,36,43)(H,41,42)/t27-/m0/s1. The van der Waals surface area contributed by atoms with Crippen LogP contribution in [0.3, 0.4) is 0 Å². The number of esters is 2. The molecular weight excluding hydrogens is 610 g/mol. The maximum Gasteiger partial charge on any atom is 0.407 e. The number of ether oxygens (including phenoxy) is 4. The lowest BCUT2D eigenvalue weighted by Gasteiger charge is -2.26. The van der Waals surface area contributed by atoms with E-state index in [1.165, 1.54) is 4.90 Å². The molecule has 3 N–H and O–H groups in total. The summed E-state index contributed by atoms with van der Waals surface area (Å²) in [5.41, 5.74) is 2.73. The highest BCUT2D eigenvalue weighted by atomic mass is 16.6. The minimum atomic E-state index is -1.45. The number of benzene rings is 2. The van der Waals surface area contributed by atoms with E-state index in [9.17, 15) is 29.1 Å². The number of nitrogens with zero attached hydrogens (tertiary/aromatic N) is 1. The Morgan fingerprint density at radius 3 is 1.83 bits per heavy atom. The van der Waals surface area contributed by atoms with E-state index in [1.807, 2.05) is 48.5 Å². The minimum Gasteiger partial charge on any atom is -0.480 e. The summed E-state index contributed by atoms with van der Waals surface area (Å²) in [6.07, 6.45) is -0.931. The molecule has 2 aromatic rings. The van der Waals surface area contributed by atoms with Crippen LogP contribution in [0.2, 0.25) is 0 Å². The van der Waals surface area contributed by atoms with Gasteiger partial charge in [0, 0.05) is 19.0 Å². The molecule has 0 unspecified atom stereocenters. The number of amides is 2. The van der Waals surface area contributed by atoms with Crippen molar-refractivity contribution < 1.29 is 48.0 Å². The Kier molecular flexibility index (Phi) is 12.9. The summed E-state index contributed by atoms with van der Waals surface area (Å²) in [5.74, 6) is -3.27.